The van der Waals surface area contributed by atoms with Crippen molar-refractivity contribution in [3.05, 3.63) is 53.1 Å². The van der Waals surface area contributed by atoms with Crippen molar-refractivity contribution in [1.82, 2.24) is 0 Å². The molecule has 9 heteroatoms. The van der Waals surface area contributed by atoms with Gasteiger partial charge in [0.1, 0.15) is 0 Å². The van der Waals surface area contributed by atoms with Crippen LogP contribution in [0.1, 0.15) is 10.4 Å². The van der Waals surface area contributed by atoms with E-state index in [0.29, 0.717) is 36.9 Å². The predicted molar refractivity (Wildman–Crippen MR) is 108 cm³/mol. The first-order valence-corrected chi connectivity index (χ1v) is 10.6. The van der Waals surface area contributed by atoms with Gasteiger partial charge in [0.2, 0.25) is 10.0 Å². The third kappa shape index (κ3) is 4.64. The second kappa shape index (κ2) is 7.66. The number of nitrogens with zero attached hydrogens (tertiary/aromatic N) is 2. The standard InChI is InChI=1S/C18H20ClN3O4S/c1-27(25,26)20-13-6-7-16(14(12-13)18(23)24)21-8-10-22(11-9-21)17-5-3-2-4-15(17)19/h2-7,12,20H,8-11H2,1H3,(H,23,24). The fourth-order valence-electron chi connectivity index (χ4n) is 3.16. The van der Waals surface area contributed by atoms with Crippen LogP contribution in [-0.2, 0) is 10.0 Å². The second-order valence-corrected chi connectivity index (χ2v) is 8.49. The van der Waals surface area contributed by atoms with Gasteiger partial charge in [-0.25, -0.2) is 13.2 Å². The van der Waals surface area contributed by atoms with Crippen LogP contribution < -0.4 is 14.5 Å². The Bertz CT molecular complexity index is 957. The number of para-hydroxylation sites is 1. The Kier molecular flexibility index (Phi) is 5.48. The third-order valence-electron chi connectivity index (χ3n) is 4.34. The van der Waals surface area contributed by atoms with E-state index < -0.39 is 16.0 Å². The van der Waals surface area contributed by atoms with Crippen LogP contribution in [0.25, 0.3) is 0 Å². The highest BCUT2D eigenvalue weighted by atomic mass is 35.5. The van der Waals surface area contributed by atoms with Crippen LogP contribution in [0, 0.1) is 0 Å². The predicted octanol–water partition coefficient (Wildman–Crippen LogP) is 2.74. The Hall–Kier alpha value is -2.45. The molecule has 0 atom stereocenters. The summed E-state index contributed by atoms with van der Waals surface area (Å²) < 4.78 is 25.1. The fraction of sp³-hybridized carbons (Fsp3) is 0.278. The number of nitrogens with one attached hydrogen (secondary N) is 1. The number of sulfonamides is 1. The van der Waals surface area contributed by atoms with E-state index in [1.54, 1.807) is 12.1 Å². The van der Waals surface area contributed by atoms with Crippen molar-refractivity contribution in [1.29, 1.82) is 0 Å². The second-order valence-electron chi connectivity index (χ2n) is 6.34. The summed E-state index contributed by atoms with van der Waals surface area (Å²) in [5.74, 6) is -1.10. The molecule has 0 saturated carbocycles. The number of rotatable bonds is 5. The van der Waals surface area contributed by atoms with Crippen LogP contribution in [0.2, 0.25) is 5.02 Å². The summed E-state index contributed by atoms with van der Waals surface area (Å²) >= 11 is 6.26. The molecular formula is C18H20ClN3O4S. The van der Waals surface area contributed by atoms with Crippen molar-refractivity contribution in [3.63, 3.8) is 0 Å². The number of hydrogen-bond donors (Lipinski definition) is 2. The molecule has 0 bridgehead atoms. The molecule has 0 amide bonds. The van der Waals surface area contributed by atoms with Crippen LogP contribution in [0.5, 0.6) is 0 Å². The summed E-state index contributed by atoms with van der Waals surface area (Å²) in [6, 6.07) is 12.2. The normalized spacial score (nSPS) is 14.9. The summed E-state index contributed by atoms with van der Waals surface area (Å²) in [7, 11) is -3.48. The van der Waals surface area contributed by atoms with Crippen molar-refractivity contribution in [2.45, 2.75) is 0 Å². The SMILES string of the molecule is CS(=O)(=O)Nc1ccc(N2CCN(c3ccccc3Cl)CC2)c(C(=O)O)c1. The molecule has 1 saturated heterocycles. The summed E-state index contributed by atoms with van der Waals surface area (Å²) in [6.07, 6.45) is 1.02. The van der Waals surface area contributed by atoms with Gasteiger partial charge in [-0.1, -0.05) is 23.7 Å². The first kappa shape index (κ1) is 19.3. The Morgan fingerprint density at radius 3 is 2.19 bits per heavy atom. The van der Waals surface area contributed by atoms with E-state index in [2.05, 4.69) is 9.62 Å². The quantitative estimate of drug-likeness (QED) is 0.789. The van der Waals surface area contributed by atoms with Gasteiger partial charge >= 0.3 is 5.97 Å². The molecular weight excluding hydrogens is 390 g/mol. The number of anilines is 3. The lowest BCUT2D eigenvalue weighted by molar-refractivity contribution is 0.0697. The zero-order chi connectivity index (χ0) is 19.6. The molecule has 1 fully saturated rings. The Morgan fingerprint density at radius 1 is 1.04 bits per heavy atom. The zero-order valence-electron chi connectivity index (χ0n) is 14.7. The molecule has 27 heavy (non-hydrogen) atoms. The smallest absolute Gasteiger partial charge is 0.337 e. The van der Waals surface area contributed by atoms with Crippen LogP contribution in [0.4, 0.5) is 17.1 Å². The van der Waals surface area contributed by atoms with Gasteiger partial charge in [-0.3, -0.25) is 4.72 Å². The molecule has 1 aliphatic rings. The Morgan fingerprint density at radius 2 is 1.63 bits per heavy atom. The van der Waals surface area contributed by atoms with Crippen LogP contribution >= 0.6 is 11.6 Å². The summed E-state index contributed by atoms with van der Waals surface area (Å²) in [5.41, 5.74) is 1.83. The Balaban J connectivity index is 1.79. The van der Waals surface area contributed by atoms with Crippen LogP contribution in [-0.4, -0.2) is 51.9 Å². The maximum absolute atomic E-state index is 11.7. The largest absolute Gasteiger partial charge is 0.478 e. The van der Waals surface area contributed by atoms with Crippen molar-refractivity contribution in [3.8, 4) is 0 Å². The van der Waals surface area contributed by atoms with Crippen molar-refractivity contribution in [2.24, 2.45) is 0 Å². The summed E-state index contributed by atoms with van der Waals surface area (Å²) in [6.45, 7) is 2.66. The average molecular weight is 410 g/mol. The topological polar surface area (TPSA) is 90.0 Å². The maximum atomic E-state index is 11.7. The molecule has 3 rings (SSSR count). The van der Waals surface area contributed by atoms with Gasteiger partial charge < -0.3 is 14.9 Å². The molecule has 0 spiro atoms. The van der Waals surface area contributed by atoms with Crippen molar-refractivity contribution >= 4 is 44.7 Å². The number of carboxylic acids is 1. The number of hydrogen-bond acceptors (Lipinski definition) is 5. The highest BCUT2D eigenvalue weighted by Crippen LogP contribution is 2.29. The maximum Gasteiger partial charge on any atom is 0.337 e. The number of piperazine rings is 1. The zero-order valence-corrected chi connectivity index (χ0v) is 16.3. The molecule has 2 aromatic rings. The summed E-state index contributed by atoms with van der Waals surface area (Å²) in [4.78, 5) is 15.8. The van der Waals surface area contributed by atoms with E-state index in [1.807, 2.05) is 29.2 Å². The Labute approximate surface area is 163 Å². The van der Waals surface area contributed by atoms with Crippen LogP contribution in [0.15, 0.2) is 42.5 Å². The van der Waals surface area contributed by atoms with E-state index >= 15 is 0 Å². The van der Waals surface area contributed by atoms with Crippen molar-refractivity contribution < 1.29 is 18.3 Å². The average Bonchev–Trinajstić information content (AvgIpc) is 2.61. The number of halogens is 1. The van der Waals surface area contributed by atoms with E-state index in [0.717, 1.165) is 11.9 Å². The molecule has 1 heterocycles. The molecule has 2 N–H and O–H groups in total. The lowest BCUT2D eigenvalue weighted by Crippen LogP contribution is -2.47. The minimum Gasteiger partial charge on any atom is -0.478 e. The molecule has 0 radical (unpaired) electrons. The van der Waals surface area contributed by atoms with Crippen LogP contribution in [0.3, 0.4) is 0 Å². The number of benzene rings is 2. The number of aromatic carboxylic acids is 1. The van der Waals surface area contributed by atoms with Gasteiger partial charge in [0.15, 0.2) is 0 Å². The highest BCUT2D eigenvalue weighted by Gasteiger charge is 2.23. The molecule has 1 aliphatic heterocycles. The van der Waals surface area contributed by atoms with Gasteiger partial charge in [0.05, 0.1) is 28.2 Å². The molecule has 7 nitrogen and oxygen atoms in total. The number of carbonyl (C=O) groups is 1. The lowest BCUT2D eigenvalue weighted by atomic mass is 10.1. The fourth-order valence-corrected chi connectivity index (χ4v) is 3.97. The van der Waals surface area contributed by atoms with Gasteiger partial charge in [-0.15, -0.1) is 0 Å². The third-order valence-corrected chi connectivity index (χ3v) is 5.27. The van der Waals surface area contributed by atoms with E-state index in [1.165, 1.54) is 6.07 Å². The first-order valence-electron chi connectivity index (χ1n) is 8.34. The minimum absolute atomic E-state index is 0.0647. The van der Waals surface area contributed by atoms with E-state index in [9.17, 15) is 18.3 Å². The minimum atomic E-state index is -3.48. The number of carboxylic acid groups (broad SMARTS) is 1. The molecule has 144 valence electrons. The van der Waals surface area contributed by atoms with Crippen molar-refractivity contribution in [2.75, 3.05) is 47.0 Å². The van der Waals surface area contributed by atoms with Gasteiger partial charge in [0.25, 0.3) is 0 Å². The van der Waals surface area contributed by atoms with E-state index in [-0.39, 0.29) is 11.3 Å². The molecule has 0 aliphatic carbocycles. The molecule has 0 aromatic heterocycles. The summed E-state index contributed by atoms with van der Waals surface area (Å²) in [5, 5.41) is 10.2. The highest BCUT2D eigenvalue weighted by molar-refractivity contribution is 7.92. The monoisotopic (exact) mass is 409 g/mol. The molecule has 0 unspecified atom stereocenters. The lowest BCUT2D eigenvalue weighted by Gasteiger charge is -2.38. The van der Waals surface area contributed by atoms with Gasteiger partial charge in [0, 0.05) is 31.9 Å². The first-order chi connectivity index (χ1) is 12.7. The van der Waals surface area contributed by atoms with Gasteiger partial charge in [-0.05, 0) is 30.3 Å². The van der Waals surface area contributed by atoms with Gasteiger partial charge in [-0.2, -0.15) is 0 Å². The van der Waals surface area contributed by atoms with E-state index in [4.69, 9.17) is 11.6 Å². The molecule has 2 aromatic carbocycles.